The highest BCUT2D eigenvalue weighted by Gasteiger charge is 2.50. The van der Waals surface area contributed by atoms with Gasteiger partial charge in [-0.15, -0.1) is 0 Å². The number of aliphatic hydroxyl groups excluding tert-OH is 1. The van der Waals surface area contributed by atoms with Crippen molar-refractivity contribution in [3.63, 3.8) is 0 Å². The molecule has 0 amide bonds. The van der Waals surface area contributed by atoms with E-state index in [0.717, 1.165) is 13.7 Å². The average molecular weight is 1860 g/mol. The SMILES string of the molecule is CCC1OC(n2cc(C)c(=O)[nH]c2=O)CC1OP(O)(=S)OCC1OC(n2cnc3c(=O)[nH]c(N)nc32)CC1OP(O)(=S)OCC1OC(n2ccc(N)nc2=O)CC1OP(O)(=S)OCC1OC(n2cnc3c(N)ncnc32)CC1OP(O)(=S)OCC1OC(n2cc(C)c(=O)[nH]c2=O)CC1OP(O)(=S)OCC1OC(n2cc(C)c(=O)[nH]c2=O)CC1O. The maximum Gasteiger partial charge on any atom is 0.351 e. The molecule has 16 N–H and O–H groups in total. The Bertz CT molecular complexity index is 5950. The standard InChI is InChI=1S/C60H78N19O30P5S5/c1-5-29-30(9-43(99-29)76-15-26(3)53(82)72-59(76)87)105-111(90,116)95-21-39-34(13-46(104-39)79-24-67-48-51(79)69-56(63)70-55(48)84)109-113(92,118)96-18-36-31(10-42(101-36)74-7-6-40(61)68-57(74)85)106-112(91,117)98-20-38-33(12-45(103-38)78-23-66-47-49(62)64-22-65-50(47)78)108-114(93,119)97-19-37-32(11-44(102-37)77-16-27(4)54(83)73-60(77)88)107-110(89,115)94-17-35-28(80)8-41(100-35)75-14-25(2)52(81)71-58(75)86/h6-7,14-16,22-24,28-39,41-46,80H,5,8-13,17-21H2,1-4H3,(H,89,115)(H,90,116)(H,91,117)(H,92,118)(H,93,119)(H2,61,68,85)(H2,62,64,65)(H,71,81,86)(H,72,82,87)(H,73,83,88)(H3,63,69,70,84). The largest absolute Gasteiger partial charge is 0.390 e. The van der Waals surface area contributed by atoms with Crippen LogP contribution in [0.15, 0.2) is 88.2 Å². The van der Waals surface area contributed by atoms with E-state index in [1.807, 2.05) is 0 Å². The van der Waals surface area contributed by atoms with Gasteiger partial charge >= 0.3 is 56.4 Å². The molecule has 6 fully saturated rings. The molecule has 119 heavy (non-hydrogen) atoms. The molecule has 0 aliphatic carbocycles. The monoisotopic (exact) mass is 1860 g/mol. The number of nitrogens with one attached hydrogen (secondary N) is 4. The Hall–Kier alpha value is -6.41. The van der Waals surface area contributed by atoms with Crippen molar-refractivity contribution in [2.24, 2.45) is 0 Å². The number of hydrogen-bond acceptors (Lipinski definition) is 39. The minimum absolute atomic E-state index is 0.00549. The van der Waals surface area contributed by atoms with Crippen molar-refractivity contribution in [2.75, 3.05) is 50.2 Å². The number of hydrogen-bond donors (Lipinski definition) is 13. The molecule has 6 aliphatic rings. The third-order valence-corrected chi connectivity index (χ3v) is 27.8. The van der Waals surface area contributed by atoms with E-state index in [-0.39, 0.29) is 95.1 Å². The van der Waals surface area contributed by atoms with Crippen LogP contribution in [0.5, 0.6) is 0 Å². The zero-order valence-corrected chi connectivity index (χ0v) is 70.9. The van der Waals surface area contributed by atoms with Crippen LogP contribution in [0.4, 0.5) is 17.6 Å². The van der Waals surface area contributed by atoms with Crippen LogP contribution in [0.25, 0.3) is 22.3 Å². The molecule has 49 nitrogen and oxygen atoms in total. The van der Waals surface area contributed by atoms with E-state index in [2.05, 4.69) is 49.8 Å². The van der Waals surface area contributed by atoms with Crippen LogP contribution in [0.3, 0.4) is 0 Å². The number of ether oxygens (including phenoxy) is 6. The molecule has 0 spiro atoms. The molecule has 14 heterocycles. The zero-order valence-electron chi connectivity index (χ0n) is 62.4. The molecule has 0 aromatic carbocycles. The van der Waals surface area contributed by atoms with Crippen LogP contribution in [0.2, 0.25) is 0 Å². The fraction of sp³-hybridized carbons (Fsp3) is 0.567. The Kier molecular flexibility index (Phi) is 26.6. The fourth-order valence-electron chi connectivity index (χ4n) is 14.0. The first-order valence-electron chi connectivity index (χ1n) is 36.0. The van der Waals surface area contributed by atoms with Gasteiger partial charge in [0.25, 0.3) is 22.2 Å². The Labute approximate surface area is 692 Å². The molecule has 0 bridgehead atoms. The van der Waals surface area contributed by atoms with E-state index in [1.54, 1.807) is 6.92 Å². The maximum absolute atomic E-state index is 13.4. The van der Waals surface area contributed by atoms with Gasteiger partial charge < -0.3 is 120 Å². The summed E-state index contributed by atoms with van der Waals surface area (Å²) in [6.45, 7) is -19.8. The Morgan fingerprint density at radius 2 is 0.782 bits per heavy atom. The molecule has 23 atom stereocenters. The minimum Gasteiger partial charge on any atom is -0.390 e. The topological polar surface area (TPSA) is 654 Å². The molecule has 0 radical (unpaired) electrons. The summed E-state index contributed by atoms with van der Waals surface area (Å²) in [5.41, 5.74) is 12.7. The summed E-state index contributed by atoms with van der Waals surface area (Å²) in [7, 11) is 0. The number of imidazole rings is 2. The van der Waals surface area contributed by atoms with E-state index in [9.17, 15) is 67.9 Å². The zero-order chi connectivity index (χ0) is 85.3. The van der Waals surface area contributed by atoms with Crippen LogP contribution in [0.1, 0.15) is 106 Å². The second-order valence-corrected chi connectivity index (χ2v) is 42.0. The number of rotatable bonds is 32. The van der Waals surface area contributed by atoms with E-state index < -0.39 is 222 Å². The Balaban J connectivity index is 0.665. The highest BCUT2D eigenvalue weighted by molar-refractivity contribution is 8.08. The molecule has 6 aliphatic heterocycles. The quantitative estimate of drug-likeness (QED) is 0.0228. The molecule has 6 saturated heterocycles. The molecule has 8 aromatic heterocycles. The maximum atomic E-state index is 13.4. The van der Waals surface area contributed by atoms with Crippen molar-refractivity contribution in [2.45, 2.75) is 183 Å². The number of H-pyrrole nitrogens is 4. The molecule has 0 saturated carbocycles. The summed E-state index contributed by atoms with van der Waals surface area (Å²) in [6, 6.07) is 1.30. The normalized spacial score (nSPS) is 29.8. The van der Waals surface area contributed by atoms with Crippen molar-refractivity contribution in [3.8, 4) is 0 Å². The summed E-state index contributed by atoms with van der Waals surface area (Å²) in [4.78, 5) is 195. The van der Waals surface area contributed by atoms with Crippen molar-refractivity contribution < 1.29 is 103 Å². The number of aliphatic hydroxyl groups is 1. The number of nitrogens with zero attached hydrogens (tertiary/aromatic N) is 12. The van der Waals surface area contributed by atoms with Gasteiger partial charge in [-0.25, -0.2) is 39.1 Å². The van der Waals surface area contributed by atoms with E-state index in [1.165, 1.54) is 84.3 Å². The van der Waals surface area contributed by atoms with Gasteiger partial charge in [0.1, 0.15) is 85.5 Å². The first kappa shape index (κ1) is 88.9. The molecule has 23 unspecified atom stereocenters. The lowest BCUT2D eigenvalue weighted by Crippen LogP contribution is -2.33. The van der Waals surface area contributed by atoms with Gasteiger partial charge in [-0.2, -0.15) is 9.97 Å². The van der Waals surface area contributed by atoms with Gasteiger partial charge in [-0.05, 0) is 92.3 Å². The van der Waals surface area contributed by atoms with Gasteiger partial charge in [-0.3, -0.25) is 66.5 Å². The predicted molar refractivity (Wildman–Crippen MR) is 427 cm³/mol. The molecule has 8 aromatic rings. The van der Waals surface area contributed by atoms with Crippen molar-refractivity contribution >= 4 is 133 Å². The molecular formula is C60H78N19O30P5S5. The highest BCUT2D eigenvalue weighted by Crippen LogP contribution is 2.57. The summed E-state index contributed by atoms with van der Waals surface area (Å²) in [5, 5.41) is 11.0. The van der Waals surface area contributed by atoms with Crippen LogP contribution in [-0.2, 0) is 133 Å². The van der Waals surface area contributed by atoms with Crippen LogP contribution in [-0.4, -0.2) is 213 Å². The number of aromatic amines is 4. The van der Waals surface area contributed by atoms with Gasteiger partial charge in [0.05, 0.1) is 88.4 Å². The van der Waals surface area contributed by atoms with E-state index in [0.29, 0.717) is 6.42 Å². The van der Waals surface area contributed by atoms with Gasteiger partial charge in [-0.1, -0.05) is 6.92 Å². The first-order valence-corrected chi connectivity index (χ1v) is 49.0. The van der Waals surface area contributed by atoms with Crippen LogP contribution in [0, 0.1) is 20.8 Å². The molecule has 648 valence electrons. The average Bonchev–Trinajstić information content (AvgIpc) is 1.57. The Morgan fingerprint density at radius 3 is 1.18 bits per heavy atom. The summed E-state index contributed by atoms with van der Waals surface area (Å²) in [6.07, 6.45) is -14.0. The summed E-state index contributed by atoms with van der Waals surface area (Å²) < 4.78 is 105. The van der Waals surface area contributed by atoms with E-state index in [4.69, 9.17) is 150 Å². The number of anilines is 3. The molecular weight excluding hydrogens is 1780 g/mol. The van der Waals surface area contributed by atoms with Gasteiger partial charge in [0.2, 0.25) is 5.95 Å². The number of aryl methyl sites for hydroxylation is 3. The summed E-state index contributed by atoms with van der Waals surface area (Å²) in [5.74, 6) is -0.407. The number of aromatic nitrogens is 16. The van der Waals surface area contributed by atoms with Crippen LogP contribution >= 0.6 is 33.6 Å². The Morgan fingerprint density at radius 1 is 0.437 bits per heavy atom. The fourth-order valence-corrected chi connectivity index (χ4v) is 21.4. The van der Waals surface area contributed by atoms with Gasteiger partial charge in [0, 0.05) is 80.0 Å². The second kappa shape index (κ2) is 35.7. The summed E-state index contributed by atoms with van der Waals surface area (Å²) >= 11 is 27.8. The van der Waals surface area contributed by atoms with Crippen molar-refractivity contribution in [1.82, 2.24) is 77.2 Å². The number of nitrogens with two attached hydrogens (primary N) is 3. The van der Waals surface area contributed by atoms with Gasteiger partial charge in [0.15, 0.2) is 22.6 Å². The lowest BCUT2D eigenvalue weighted by Gasteiger charge is -2.28. The number of nitrogen functional groups attached to an aromatic ring is 3. The molecule has 59 heteroatoms. The highest BCUT2D eigenvalue weighted by atomic mass is 32.5. The first-order chi connectivity index (χ1) is 56.1. The second-order valence-electron chi connectivity index (χ2n) is 28.0. The lowest BCUT2D eigenvalue weighted by molar-refractivity contribution is -0.0571. The minimum atomic E-state index is -4.64. The lowest BCUT2D eigenvalue weighted by atomic mass is 10.1. The van der Waals surface area contributed by atoms with Crippen molar-refractivity contribution in [1.29, 1.82) is 0 Å². The number of fused-ring (bicyclic) bond motifs is 2. The third-order valence-electron chi connectivity index (χ3n) is 19.9. The van der Waals surface area contributed by atoms with E-state index >= 15 is 0 Å². The molecule has 14 rings (SSSR count). The van der Waals surface area contributed by atoms with Crippen molar-refractivity contribution in [3.05, 3.63) is 150 Å². The van der Waals surface area contributed by atoms with Crippen LogP contribution < -0.4 is 62.2 Å². The third kappa shape index (κ3) is 20.5. The predicted octanol–water partition coefficient (Wildman–Crippen LogP) is -0.872. The smallest absolute Gasteiger partial charge is 0.351 e.